The van der Waals surface area contributed by atoms with Crippen molar-refractivity contribution in [2.24, 2.45) is 0 Å². The summed E-state index contributed by atoms with van der Waals surface area (Å²) in [7, 11) is 0. The van der Waals surface area contributed by atoms with Gasteiger partial charge >= 0.3 is 0 Å². The molecular weight excluding hydrogens is 955 g/mol. The fraction of sp³-hybridized carbons (Fsp3) is 0.918. The van der Waals surface area contributed by atoms with Crippen molar-refractivity contribution in [3.05, 3.63) is 24.3 Å². The van der Waals surface area contributed by atoms with E-state index in [0.29, 0.717) is 12.8 Å². The maximum atomic E-state index is 13.2. The van der Waals surface area contributed by atoms with Crippen LogP contribution in [0.4, 0.5) is 0 Å². The van der Waals surface area contributed by atoms with Crippen molar-refractivity contribution >= 4 is 5.91 Å². The number of ether oxygens (including phenoxy) is 4. The first-order valence-electron chi connectivity index (χ1n) is 31.1. The van der Waals surface area contributed by atoms with Gasteiger partial charge in [0, 0.05) is 6.42 Å². The van der Waals surface area contributed by atoms with Crippen LogP contribution in [0.25, 0.3) is 0 Å². The SMILES string of the molecule is CCCCCCCCCCCCCCCCCCCCCCCCCC/C=C/CC/C=C/C(O)C(COC1OC(CO)C(OC2OC(CO)C(O)C(O)C2O)C(O)C1O)NC(=O)CCCCCCCCCCCCC. The Morgan fingerprint density at radius 2 is 0.853 bits per heavy atom. The Morgan fingerprint density at radius 3 is 1.31 bits per heavy atom. The third kappa shape index (κ3) is 33.0. The van der Waals surface area contributed by atoms with Crippen molar-refractivity contribution < 1.29 is 64.6 Å². The Labute approximate surface area is 456 Å². The number of nitrogens with one attached hydrogen (secondary N) is 1. The lowest BCUT2D eigenvalue weighted by Crippen LogP contribution is -2.65. The minimum Gasteiger partial charge on any atom is -0.394 e. The Bertz CT molecular complexity index is 1350. The number of rotatable bonds is 50. The first kappa shape index (κ1) is 69.6. The summed E-state index contributed by atoms with van der Waals surface area (Å²) in [4.78, 5) is 13.2. The van der Waals surface area contributed by atoms with Gasteiger partial charge in [0.2, 0.25) is 5.91 Å². The van der Waals surface area contributed by atoms with E-state index < -0.39 is 86.8 Å². The largest absolute Gasteiger partial charge is 0.394 e. The van der Waals surface area contributed by atoms with E-state index in [2.05, 4.69) is 31.3 Å². The summed E-state index contributed by atoms with van der Waals surface area (Å²) in [5, 5.41) is 87.0. The molecule has 1 amide bonds. The highest BCUT2D eigenvalue weighted by atomic mass is 16.7. The van der Waals surface area contributed by atoms with E-state index in [-0.39, 0.29) is 18.9 Å². The highest BCUT2D eigenvalue weighted by molar-refractivity contribution is 5.76. The Kier molecular flexibility index (Phi) is 43.9. The zero-order valence-electron chi connectivity index (χ0n) is 47.6. The van der Waals surface area contributed by atoms with Crippen molar-refractivity contribution in [1.29, 1.82) is 0 Å². The number of allylic oxidation sites excluding steroid dienone is 3. The third-order valence-electron chi connectivity index (χ3n) is 15.4. The van der Waals surface area contributed by atoms with Crippen LogP contribution in [0, 0.1) is 0 Å². The molecule has 9 N–H and O–H groups in total. The molecule has 2 aliphatic rings. The minimum atomic E-state index is -1.79. The zero-order chi connectivity index (χ0) is 54.6. The predicted molar refractivity (Wildman–Crippen MR) is 300 cm³/mol. The van der Waals surface area contributed by atoms with E-state index in [1.54, 1.807) is 6.08 Å². The van der Waals surface area contributed by atoms with E-state index >= 15 is 0 Å². The van der Waals surface area contributed by atoms with E-state index in [0.717, 1.165) is 32.1 Å². The number of hydrogen-bond acceptors (Lipinski definition) is 13. The molecule has 14 heteroatoms. The molecule has 0 aliphatic carbocycles. The fourth-order valence-electron chi connectivity index (χ4n) is 10.4. The normalized spacial score (nSPS) is 25.1. The third-order valence-corrected chi connectivity index (χ3v) is 15.4. The molecule has 12 atom stereocenters. The van der Waals surface area contributed by atoms with Gasteiger partial charge in [-0.1, -0.05) is 250 Å². The average molecular weight is 1070 g/mol. The van der Waals surface area contributed by atoms with Crippen molar-refractivity contribution in [2.75, 3.05) is 19.8 Å². The number of aliphatic hydroxyl groups excluding tert-OH is 8. The first-order chi connectivity index (χ1) is 36.6. The average Bonchev–Trinajstić information content (AvgIpc) is 3.41. The zero-order valence-corrected chi connectivity index (χ0v) is 47.6. The van der Waals surface area contributed by atoms with Gasteiger partial charge in [-0.25, -0.2) is 0 Å². The molecule has 75 heavy (non-hydrogen) atoms. The topological polar surface area (TPSA) is 228 Å². The monoisotopic (exact) mass is 1070 g/mol. The van der Waals surface area contributed by atoms with Crippen molar-refractivity contribution in [3.8, 4) is 0 Å². The van der Waals surface area contributed by atoms with Crippen LogP contribution in [0.5, 0.6) is 0 Å². The number of carbonyl (C=O) groups excluding carboxylic acids is 1. The van der Waals surface area contributed by atoms with E-state index in [9.17, 15) is 45.6 Å². The smallest absolute Gasteiger partial charge is 0.220 e. The Hall–Kier alpha value is -1.53. The number of aliphatic hydroxyl groups is 8. The van der Waals surface area contributed by atoms with Crippen LogP contribution in [0.15, 0.2) is 24.3 Å². The van der Waals surface area contributed by atoms with Gasteiger partial charge in [-0.05, 0) is 32.1 Å². The van der Waals surface area contributed by atoms with Crippen LogP contribution in [0.1, 0.15) is 264 Å². The molecule has 0 bridgehead atoms. The Balaban J connectivity index is 1.68. The quantitative estimate of drug-likeness (QED) is 0.0204. The second kappa shape index (κ2) is 47.3. The first-order valence-corrected chi connectivity index (χ1v) is 31.1. The lowest BCUT2D eigenvalue weighted by molar-refractivity contribution is -0.359. The van der Waals surface area contributed by atoms with E-state index in [1.807, 2.05) is 6.08 Å². The van der Waals surface area contributed by atoms with Gasteiger partial charge in [-0.15, -0.1) is 0 Å². The second-order valence-electron chi connectivity index (χ2n) is 22.2. The standard InChI is InChI=1S/C61H115NO13/c1-3-5-7-9-11-13-15-16-17-18-19-20-21-22-23-24-25-26-27-28-29-30-31-32-33-35-36-38-40-42-44-50(65)49(62-53(66)45-43-41-39-37-34-14-12-10-8-6-4-2)48-72-60-58(71)56(69)59(52(47-64)74-60)75-61-57(70)55(68)54(67)51(46-63)73-61/h35-36,42,44,49-52,54-61,63-65,67-71H,3-34,37-41,43,45-48H2,1-2H3,(H,62,66)/b36-35+,44-42+. The molecule has 0 radical (unpaired) electrons. The van der Waals surface area contributed by atoms with Gasteiger partial charge in [0.15, 0.2) is 12.6 Å². The maximum Gasteiger partial charge on any atom is 0.220 e. The fourth-order valence-corrected chi connectivity index (χ4v) is 10.4. The van der Waals surface area contributed by atoms with E-state index in [4.69, 9.17) is 18.9 Å². The summed E-state index contributed by atoms with van der Waals surface area (Å²) in [6.07, 6.45) is 39.7. The molecule has 2 aliphatic heterocycles. The summed E-state index contributed by atoms with van der Waals surface area (Å²) >= 11 is 0. The van der Waals surface area contributed by atoms with Gasteiger partial charge in [0.05, 0.1) is 32.0 Å². The van der Waals surface area contributed by atoms with Gasteiger partial charge in [-0.3, -0.25) is 4.79 Å². The minimum absolute atomic E-state index is 0.248. The second-order valence-corrected chi connectivity index (χ2v) is 22.2. The van der Waals surface area contributed by atoms with Crippen molar-refractivity contribution in [2.45, 2.75) is 338 Å². The van der Waals surface area contributed by atoms with Gasteiger partial charge < -0.3 is 65.1 Å². The molecule has 0 aromatic heterocycles. The van der Waals surface area contributed by atoms with Gasteiger partial charge in [0.25, 0.3) is 0 Å². The summed E-state index contributed by atoms with van der Waals surface area (Å²) in [5.74, 6) is -0.248. The van der Waals surface area contributed by atoms with E-state index in [1.165, 1.54) is 199 Å². The van der Waals surface area contributed by atoms with Crippen molar-refractivity contribution in [3.63, 3.8) is 0 Å². The van der Waals surface area contributed by atoms with Crippen LogP contribution in [-0.2, 0) is 23.7 Å². The molecule has 0 aromatic carbocycles. The molecule has 12 unspecified atom stereocenters. The summed E-state index contributed by atoms with van der Waals surface area (Å²) in [5.41, 5.74) is 0. The maximum absolute atomic E-state index is 13.2. The highest BCUT2D eigenvalue weighted by Gasteiger charge is 2.51. The molecular formula is C61H115NO13. The molecule has 2 fully saturated rings. The summed E-state index contributed by atoms with van der Waals surface area (Å²) < 4.78 is 22.7. The Morgan fingerprint density at radius 1 is 0.467 bits per heavy atom. The van der Waals surface area contributed by atoms with Gasteiger partial charge in [0.1, 0.15) is 48.8 Å². The number of carbonyl (C=O) groups is 1. The van der Waals surface area contributed by atoms with Crippen molar-refractivity contribution in [1.82, 2.24) is 5.32 Å². The highest BCUT2D eigenvalue weighted by Crippen LogP contribution is 2.30. The van der Waals surface area contributed by atoms with Crippen LogP contribution in [0.3, 0.4) is 0 Å². The molecule has 2 saturated heterocycles. The number of amides is 1. The predicted octanol–water partition coefficient (Wildman–Crippen LogP) is 10.8. The van der Waals surface area contributed by atoms with Gasteiger partial charge in [-0.2, -0.15) is 0 Å². The van der Waals surface area contributed by atoms with Crippen LogP contribution < -0.4 is 5.32 Å². The molecule has 0 aromatic rings. The molecule has 14 nitrogen and oxygen atoms in total. The molecule has 442 valence electrons. The molecule has 0 spiro atoms. The van der Waals surface area contributed by atoms with Crippen LogP contribution in [0.2, 0.25) is 0 Å². The lowest BCUT2D eigenvalue weighted by Gasteiger charge is -2.46. The summed E-state index contributed by atoms with van der Waals surface area (Å²) in [6, 6.07) is -0.927. The molecule has 2 heterocycles. The number of hydrogen-bond donors (Lipinski definition) is 9. The van der Waals surface area contributed by atoms with Crippen LogP contribution >= 0.6 is 0 Å². The van der Waals surface area contributed by atoms with Crippen LogP contribution in [-0.4, -0.2) is 140 Å². The molecule has 0 saturated carbocycles. The lowest BCUT2D eigenvalue weighted by atomic mass is 9.97. The number of unbranched alkanes of at least 4 members (excludes halogenated alkanes) is 35. The molecule has 2 rings (SSSR count). The summed E-state index contributed by atoms with van der Waals surface area (Å²) in [6.45, 7) is 2.79.